The Kier molecular flexibility index (Phi) is 9.33. The van der Waals surface area contributed by atoms with Gasteiger partial charge in [-0.1, -0.05) is 31.2 Å². The van der Waals surface area contributed by atoms with Gasteiger partial charge in [0, 0.05) is 0 Å². The van der Waals surface area contributed by atoms with E-state index >= 15 is 0 Å². The Balaban J connectivity index is 2.86. The summed E-state index contributed by atoms with van der Waals surface area (Å²) >= 11 is 0. The first-order valence-electron chi connectivity index (χ1n) is 8.36. The number of carbonyl (C=O) groups excluding carboxylic acids is 1. The van der Waals surface area contributed by atoms with Crippen molar-refractivity contribution in [3.8, 4) is 0 Å². The molecular formula is C20H26O6. The zero-order chi connectivity index (χ0) is 19.4. The van der Waals surface area contributed by atoms with Crippen LogP contribution in [0.15, 0.2) is 49.6 Å². The highest BCUT2D eigenvalue weighted by Gasteiger charge is 2.32. The van der Waals surface area contributed by atoms with E-state index in [0.717, 1.165) is 0 Å². The number of benzene rings is 1. The van der Waals surface area contributed by atoms with E-state index in [0.29, 0.717) is 32.8 Å². The van der Waals surface area contributed by atoms with Crippen molar-refractivity contribution >= 4 is 11.9 Å². The molecule has 26 heavy (non-hydrogen) atoms. The molecule has 0 saturated carbocycles. The summed E-state index contributed by atoms with van der Waals surface area (Å²) in [6, 6.07) is 5.95. The first kappa shape index (κ1) is 21.6. The minimum atomic E-state index is -1.18. The van der Waals surface area contributed by atoms with Gasteiger partial charge >= 0.3 is 11.9 Å². The average molecular weight is 362 g/mol. The Labute approximate surface area is 154 Å². The average Bonchev–Trinajstić information content (AvgIpc) is 2.65. The fraction of sp³-hybridized carbons (Fsp3) is 0.400. The minimum absolute atomic E-state index is 0.0176. The lowest BCUT2D eigenvalue weighted by Crippen LogP contribution is -2.38. The Morgan fingerprint density at radius 1 is 1.04 bits per heavy atom. The van der Waals surface area contributed by atoms with Gasteiger partial charge in [-0.2, -0.15) is 0 Å². The van der Waals surface area contributed by atoms with Gasteiger partial charge in [0.25, 0.3) is 0 Å². The molecule has 0 unspecified atom stereocenters. The summed E-state index contributed by atoms with van der Waals surface area (Å²) in [7, 11) is 0. The van der Waals surface area contributed by atoms with Crippen LogP contribution in [0, 0.1) is 5.41 Å². The maximum absolute atomic E-state index is 12.4. The molecule has 0 aliphatic heterocycles. The van der Waals surface area contributed by atoms with Crippen molar-refractivity contribution in [3.05, 3.63) is 60.7 Å². The van der Waals surface area contributed by atoms with Crippen LogP contribution in [0.1, 0.15) is 34.1 Å². The number of carbonyl (C=O) groups is 2. The number of carboxylic acids is 1. The number of carboxylic acid groups (broad SMARTS) is 1. The summed E-state index contributed by atoms with van der Waals surface area (Å²) < 4.78 is 16.5. The Hall–Kier alpha value is -2.44. The topological polar surface area (TPSA) is 82.1 Å². The number of hydrogen-bond donors (Lipinski definition) is 1. The van der Waals surface area contributed by atoms with Crippen molar-refractivity contribution < 1.29 is 28.9 Å². The Morgan fingerprint density at radius 3 is 2.04 bits per heavy atom. The molecule has 142 valence electrons. The quantitative estimate of drug-likeness (QED) is 0.329. The van der Waals surface area contributed by atoms with Gasteiger partial charge < -0.3 is 19.3 Å². The molecule has 0 heterocycles. The van der Waals surface area contributed by atoms with Crippen LogP contribution in [0.2, 0.25) is 0 Å². The SMILES string of the molecule is C=CCOCC(CC)(COCC=C)COC(=O)c1ccccc1C(=O)O. The fourth-order valence-corrected chi connectivity index (χ4v) is 2.29. The van der Waals surface area contributed by atoms with Crippen LogP contribution in [-0.2, 0) is 14.2 Å². The molecule has 0 fully saturated rings. The molecule has 1 N–H and O–H groups in total. The van der Waals surface area contributed by atoms with Crippen molar-refractivity contribution in [3.63, 3.8) is 0 Å². The fourth-order valence-electron chi connectivity index (χ4n) is 2.29. The summed E-state index contributed by atoms with van der Waals surface area (Å²) in [4.78, 5) is 23.7. The second-order valence-electron chi connectivity index (χ2n) is 5.89. The smallest absolute Gasteiger partial charge is 0.339 e. The minimum Gasteiger partial charge on any atom is -0.478 e. The van der Waals surface area contributed by atoms with Gasteiger partial charge in [0.05, 0.1) is 43.0 Å². The molecule has 6 nitrogen and oxygen atoms in total. The maximum atomic E-state index is 12.4. The zero-order valence-corrected chi connectivity index (χ0v) is 15.1. The van der Waals surface area contributed by atoms with Gasteiger partial charge in [0.15, 0.2) is 0 Å². The van der Waals surface area contributed by atoms with E-state index < -0.39 is 17.4 Å². The molecule has 0 aliphatic rings. The van der Waals surface area contributed by atoms with Gasteiger partial charge in [-0.3, -0.25) is 0 Å². The molecule has 1 aromatic carbocycles. The van der Waals surface area contributed by atoms with Crippen molar-refractivity contribution in [2.75, 3.05) is 33.0 Å². The van der Waals surface area contributed by atoms with Gasteiger partial charge in [0.2, 0.25) is 0 Å². The van der Waals surface area contributed by atoms with Gasteiger partial charge in [0.1, 0.15) is 6.61 Å². The third kappa shape index (κ3) is 6.46. The van der Waals surface area contributed by atoms with Crippen LogP contribution < -0.4 is 0 Å². The van der Waals surface area contributed by atoms with Crippen LogP contribution in [0.4, 0.5) is 0 Å². The summed E-state index contributed by atoms with van der Waals surface area (Å²) in [6.07, 6.45) is 3.93. The lowest BCUT2D eigenvalue weighted by Gasteiger charge is -2.31. The Bertz CT molecular complexity index is 608. The van der Waals surface area contributed by atoms with E-state index in [4.69, 9.17) is 14.2 Å². The summed E-state index contributed by atoms with van der Waals surface area (Å²) in [5, 5.41) is 9.21. The molecule has 6 heteroatoms. The van der Waals surface area contributed by atoms with Crippen LogP contribution in [0.25, 0.3) is 0 Å². The third-order valence-electron chi connectivity index (χ3n) is 3.92. The predicted octanol–water partition coefficient (Wildman–Crippen LogP) is 3.34. The third-order valence-corrected chi connectivity index (χ3v) is 3.92. The van der Waals surface area contributed by atoms with Crippen molar-refractivity contribution in [2.45, 2.75) is 13.3 Å². The van der Waals surface area contributed by atoms with Gasteiger partial charge in [-0.25, -0.2) is 9.59 Å². The molecule has 1 aromatic rings. The van der Waals surface area contributed by atoms with E-state index in [1.54, 1.807) is 24.3 Å². The van der Waals surface area contributed by atoms with Crippen LogP contribution in [0.5, 0.6) is 0 Å². The molecule has 0 aliphatic carbocycles. The molecular weight excluding hydrogens is 336 g/mol. The van der Waals surface area contributed by atoms with E-state index in [1.807, 2.05) is 6.92 Å². The first-order valence-corrected chi connectivity index (χ1v) is 8.36. The van der Waals surface area contributed by atoms with E-state index in [-0.39, 0.29) is 17.7 Å². The molecule has 0 aromatic heterocycles. The number of esters is 1. The summed E-state index contributed by atoms with van der Waals surface area (Å²) in [5.41, 5.74) is -0.616. The van der Waals surface area contributed by atoms with Crippen LogP contribution in [-0.4, -0.2) is 50.1 Å². The lowest BCUT2D eigenvalue weighted by molar-refractivity contribution is -0.0512. The molecule has 1 rings (SSSR count). The van der Waals surface area contributed by atoms with Gasteiger partial charge in [-0.05, 0) is 18.6 Å². The van der Waals surface area contributed by atoms with Crippen molar-refractivity contribution in [1.82, 2.24) is 0 Å². The van der Waals surface area contributed by atoms with E-state index in [1.165, 1.54) is 12.1 Å². The van der Waals surface area contributed by atoms with Crippen molar-refractivity contribution in [2.24, 2.45) is 5.41 Å². The number of rotatable bonds is 13. The number of hydrogen-bond acceptors (Lipinski definition) is 5. The highest BCUT2D eigenvalue weighted by atomic mass is 16.5. The molecule has 0 bridgehead atoms. The monoisotopic (exact) mass is 362 g/mol. The second-order valence-corrected chi connectivity index (χ2v) is 5.89. The van der Waals surface area contributed by atoms with Crippen LogP contribution >= 0.6 is 0 Å². The molecule has 0 spiro atoms. The van der Waals surface area contributed by atoms with Crippen LogP contribution in [0.3, 0.4) is 0 Å². The largest absolute Gasteiger partial charge is 0.478 e. The van der Waals surface area contributed by atoms with Gasteiger partial charge in [-0.15, -0.1) is 13.2 Å². The summed E-state index contributed by atoms with van der Waals surface area (Å²) in [6.45, 7) is 10.6. The standard InChI is InChI=1S/C20H26O6/c1-4-11-24-13-20(6-3,14-25-12-5-2)15-26-19(23)17-10-8-7-9-16(17)18(21)22/h4-5,7-10H,1-2,6,11-15H2,3H3,(H,21,22). The van der Waals surface area contributed by atoms with E-state index in [2.05, 4.69) is 13.2 Å². The molecule has 0 radical (unpaired) electrons. The predicted molar refractivity (Wildman–Crippen MR) is 98.4 cm³/mol. The highest BCUT2D eigenvalue weighted by molar-refractivity contribution is 6.02. The normalized spacial score (nSPS) is 11.0. The number of aromatic carboxylic acids is 1. The first-order chi connectivity index (χ1) is 12.5. The molecule has 0 amide bonds. The van der Waals surface area contributed by atoms with Crippen molar-refractivity contribution in [1.29, 1.82) is 0 Å². The molecule has 0 saturated heterocycles. The molecule has 0 atom stereocenters. The maximum Gasteiger partial charge on any atom is 0.339 e. The lowest BCUT2D eigenvalue weighted by atomic mass is 9.88. The second kappa shape index (κ2) is 11.2. The van der Waals surface area contributed by atoms with E-state index in [9.17, 15) is 14.7 Å². The summed E-state index contributed by atoms with van der Waals surface area (Å²) in [5.74, 6) is -1.86. The highest BCUT2D eigenvalue weighted by Crippen LogP contribution is 2.25. The zero-order valence-electron chi connectivity index (χ0n) is 15.1. The number of ether oxygens (including phenoxy) is 3. The Morgan fingerprint density at radius 2 is 1.58 bits per heavy atom.